The quantitative estimate of drug-likeness (QED) is 0.717. The SMILES string of the molecule is Cc1ccc(NC(=O)c2cccn(Cc3c(F)cccc3Cl)c2=O)c(C)c1. The minimum atomic E-state index is -0.515. The van der Waals surface area contributed by atoms with Gasteiger partial charge in [-0.1, -0.05) is 35.4 Å². The van der Waals surface area contributed by atoms with Crippen LogP contribution >= 0.6 is 11.6 Å². The molecule has 1 heterocycles. The van der Waals surface area contributed by atoms with Crippen LogP contribution in [0.25, 0.3) is 0 Å². The van der Waals surface area contributed by atoms with E-state index in [1.165, 1.54) is 29.0 Å². The first-order valence-electron chi connectivity index (χ1n) is 8.38. The van der Waals surface area contributed by atoms with E-state index in [0.29, 0.717) is 5.69 Å². The number of aromatic nitrogens is 1. The second kappa shape index (κ2) is 7.76. The summed E-state index contributed by atoms with van der Waals surface area (Å²) in [4.78, 5) is 25.3. The van der Waals surface area contributed by atoms with Gasteiger partial charge in [0.1, 0.15) is 11.4 Å². The highest BCUT2D eigenvalue weighted by molar-refractivity contribution is 6.31. The Morgan fingerprint density at radius 1 is 1.15 bits per heavy atom. The molecular formula is C21H18ClFN2O2. The minimum absolute atomic E-state index is 0.0232. The summed E-state index contributed by atoms with van der Waals surface area (Å²) < 4.78 is 15.3. The Kier molecular flexibility index (Phi) is 5.42. The zero-order chi connectivity index (χ0) is 19.6. The maximum absolute atomic E-state index is 14.0. The second-order valence-electron chi connectivity index (χ2n) is 6.33. The Bertz CT molecular complexity index is 1060. The van der Waals surface area contributed by atoms with E-state index in [0.717, 1.165) is 11.1 Å². The maximum Gasteiger partial charge on any atom is 0.263 e. The number of amides is 1. The number of benzene rings is 2. The van der Waals surface area contributed by atoms with Crippen molar-refractivity contribution in [3.05, 3.63) is 98.2 Å². The fraction of sp³-hybridized carbons (Fsp3) is 0.143. The standard InChI is InChI=1S/C21H18ClFN2O2/c1-13-8-9-19(14(2)11-13)24-20(26)15-5-4-10-25(21(15)27)12-16-17(22)6-3-7-18(16)23/h3-11H,12H2,1-2H3,(H,24,26). The largest absolute Gasteiger partial charge is 0.322 e. The lowest BCUT2D eigenvalue weighted by molar-refractivity contribution is 0.102. The van der Waals surface area contributed by atoms with Crippen molar-refractivity contribution in [3.8, 4) is 0 Å². The molecular weight excluding hydrogens is 367 g/mol. The fourth-order valence-electron chi connectivity index (χ4n) is 2.83. The molecule has 0 radical (unpaired) electrons. The summed E-state index contributed by atoms with van der Waals surface area (Å²) in [5.74, 6) is -1.01. The number of rotatable bonds is 4. The lowest BCUT2D eigenvalue weighted by atomic mass is 10.1. The van der Waals surface area contributed by atoms with E-state index in [1.807, 2.05) is 26.0 Å². The van der Waals surface area contributed by atoms with Crippen molar-refractivity contribution in [2.45, 2.75) is 20.4 Å². The summed E-state index contributed by atoms with van der Waals surface area (Å²) in [6.45, 7) is 3.78. The number of nitrogens with zero attached hydrogens (tertiary/aromatic N) is 1. The van der Waals surface area contributed by atoms with Gasteiger partial charge in [0.15, 0.2) is 0 Å². The Morgan fingerprint density at radius 3 is 2.63 bits per heavy atom. The van der Waals surface area contributed by atoms with Crippen molar-refractivity contribution in [2.75, 3.05) is 5.32 Å². The van der Waals surface area contributed by atoms with Crippen LogP contribution in [0.15, 0.2) is 59.5 Å². The smallest absolute Gasteiger partial charge is 0.263 e. The minimum Gasteiger partial charge on any atom is -0.322 e. The molecule has 0 unspecified atom stereocenters. The third-order valence-corrected chi connectivity index (χ3v) is 4.64. The van der Waals surface area contributed by atoms with Gasteiger partial charge in [0.05, 0.1) is 6.54 Å². The number of hydrogen-bond donors (Lipinski definition) is 1. The Balaban J connectivity index is 1.90. The number of anilines is 1. The van der Waals surface area contributed by atoms with E-state index < -0.39 is 17.3 Å². The molecule has 0 spiro atoms. The van der Waals surface area contributed by atoms with E-state index >= 15 is 0 Å². The van der Waals surface area contributed by atoms with Gasteiger partial charge >= 0.3 is 0 Å². The normalized spacial score (nSPS) is 10.7. The summed E-state index contributed by atoms with van der Waals surface area (Å²) >= 11 is 6.04. The Hall–Kier alpha value is -2.92. The molecule has 138 valence electrons. The molecule has 0 atom stereocenters. The monoisotopic (exact) mass is 384 g/mol. The molecule has 0 saturated carbocycles. The van der Waals surface area contributed by atoms with Crippen LogP contribution in [0.3, 0.4) is 0 Å². The molecule has 0 aliphatic carbocycles. The summed E-state index contributed by atoms with van der Waals surface area (Å²) in [6.07, 6.45) is 1.50. The number of carbonyl (C=O) groups is 1. The van der Waals surface area contributed by atoms with Gasteiger partial charge in [-0.25, -0.2) is 4.39 Å². The number of halogens is 2. The molecule has 1 amide bonds. The van der Waals surface area contributed by atoms with E-state index in [1.54, 1.807) is 18.2 Å². The molecule has 0 aliphatic heterocycles. The topological polar surface area (TPSA) is 51.1 Å². The molecule has 2 aromatic carbocycles. The molecule has 6 heteroatoms. The maximum atomic E-state index is 14.0. The van der Waals surface area contributed by atoms with Gasteiger partial charge in [0.25, 0.3) is 11.5 Å². The highest BCUT2D eigenvalue weighted by Crippen LogP contribution is 2.20. The summed E-state index contributed by atoms with van der Waals surface area (Å²) in [5.41, 5.74) is 2.28. The number of carbonyl (C=O) groups excluding carboxylic acids is 1. The molecule has 0 aliphatic rings. The second-order valence-corrected chi connectivity index (χ2v) is 6.73. The molecule has 1 N–H and O–H groups in total. The lowest BCUT2D eigenvalue weighted by Crippen LogP contribution is -2.29. The number of aryl methyl sites for hydroxylation is 2. The van der Waals surface area contributed by atoms with Crippen LogP contribution < -0.4 is 10.9 Å². The Labute approximate surface area is 161 Å². The average Bonchev–Trinajstić information content (AvgIpc) is 2.62. The summed E-state index contributed by atoms with van der Waals surface area (Å²) in [6, 6.07) is 13.0. The van der Waals surface area contributed by atoms with Crippen molar-refractivity contribution in [2.24, 2.45) is 0 Å². The number of hydrogen-bond acceptors (Lipinski definition) is 2. The zero-order valence-corrected chi connectivity index (χ0v) is 15.7. The summed E-state index contributed by atoms with van der Waals surface area (Å²) in [5, 5.41) is 2.98. The van der Waals surface area contributed by atoms with Crippen molar-refractivity contribution >= 4 is 23.2 Å². The molecule has 1 aromatic heterocycles. The third-order valence-electron chi connectivity index (χ3n) is 4.29. The van der Waals surface area contributed by atoms with Gasteiger partial charge in [-0.3, -0.25) is 9.59 Å². The van der Waals surface area contributed by atoms with Crippen LogP contribution in [0, 0.1) is 19.7 Å². The highest BCUT2D eigenvalue weighted by atomic mass is 35.5. The van der Waals surface area contributed by atoms with Crippen LogP contribution in [0.1, 0.15) is 27.0 Å². The molecule has 0 saturated heterocycles. The zero-order valence-electron chi connectivity index (χ0n) is 14.9. The predicted molar refractivity (Wildman–Crippen MR) is 105 cm³/mol. The lowest BCUT2D eigenvalue weighted by Gasteiger charge is -2.12. The third kappa shape index (κ3) is 4.09. The molecule has 0 bridgehead atoms. The van der Waals surface area contributed by atoms with E-state index in [4.69, 9.17) is 11.6 Å². The van der Waals surface area contributed by atoms with Crippen LogP contribution in [0.4, 0.5) is 10.1 Å². The van der Waals surface area contributed by atoms with Crippen LogP contribution in [-0.2, 0) is 6.54 Å². The van der Waals surface area contributed by atoms with Gasteiger partial charge in [0, 0.05) is 22.5 Å². The van der Waals surface area contributed by atoms with E-state index in [2.05, 4.69) is 5.32 Å². The van der Waals surface area contributed by atoms with E-state index in [-0.39, 0.29) is 22.7 Å². The van der Waals surface area contributed by atoms with Crippen LogP contribution in [-0.4, -0.2) is 10.5 Å². The van der Waals surface area contributed by atoms with Crippen molar-refractivity contribution in [1.29, 1.82) is 0 Å². The first kappa shape index (κ1) is 18.9. The molecule has 3 rings (SSSR count). The van der Waals surface area contributed by atoms with Crippen LogP contribution in [0.5, 0.6) is 0 Å². The van der Waals surface area contributed by atoms with Gasteiger partial charge in [0.2, 0.25) is 0 Å². The Morgan fingerprint density at radius 2 is 1.93 bits per heavy atom. The molecule has 4 nitrogen and oxygen atoms in total. The first-order valence-corrected chi connectivity index (χ1v) is 8.75. The van der Waals surface area contributed by atoms with Gasteiger partial charge in [-0.05, 0) is 49.7 Å². The van der Waals surface area contributed by atoms with Crippen molar-refractivity contribution in [1.82, 2.24) is 4.57 Å². The van der Waals surface area contributed by atoms with Gasteiger partial charge in [-0.2, -0.15) is 0 Å². The molecule has 27 heavy (non-hydrogen) atoms. The summed E-state index contributed by atoms with van der Waals surface area (Å²) in [7, 11) is 0. The van der Waals surface area contributed by atoms with Crippen LogP contribution in [0.2, 0.25) is 5.02 Å². The fourth-order valence-corrected chi connectivity index (χ4v) is 3.05. The number of nitrogens with one attached hydrogen (secondary N) is 1. The highest BCUT2D eigenvalue weighted by Gasteiger charge is 2.15. The average molecular weight is 385 g/mol. The van der Waals surface area contributed by atoms with Crippen molar-refractivity contribution < 1.29 is 9.18 Å². The molecule has 0 fully saturated rings. The predicted octanol–water partition coefficient (Wildman–Crippen LogP) is 4.56. The van der Waals surface area contributed by atoms with Gasteiger partial charge < -0.3 is 9.88 Å². The van der Waals surface area contributed by atoms with Gasteiger partial charge in [-0.15, -0.1) is 0 Å². The molecule has 3 aromatic rings. The van der Waals surface area contributed by atoms with E-state index in [9.17, 15) is 14.0 Å². The first-order chi connectivity index (χ1) is 12.9. The number of pyridine rings is 1. The van der Waals surface area contributed by atoms with Crippen molar-refractivity contribution in [3.63, 3.8) is 0 Å².